The van der Waals surface area contributed by atoms with Gasteiger partial charge in [0.15, 0.2) is 11.5 Å². The van der Waals surface area contributed by atoms with Gasteiger partial charge in [0, 0.05) is 48.9 Å². The number of anilines is 1. The molecule has 0 unspecified atom stereocenters. The second-order valence-corrected chi connectivity index (χ2v) is 11.4. The topological polar surface area (TPSA) is 91.6 Å². The van der Waals surface area contributed by atoms with Crippen molar-refractivity contribution in [1.82, 2.24) is 19.1 Å². The van der Waals surface area contributed by atoms with Crippen LogP contribution in [0.1, 0.15) is 17.0 Å². The van der Waals surface area contributed by atoms with Crippen LogP contribution in [0.3, 0.4) is 0 Å². The number of aromatic nitrogens is 3. The lowest BCUT2D eigenvalue weighted by Crippen LogP contribution is -2.55. The molecule has 200 valence electrons. The number of fused-ring (bicyclic) bond motifs is 1. The van der Waals surface area contributed by atoms with Gasteiger partial charge in [0.2, 0.25) is 10.0 Å². The highest BCUT2D eigenvalue weighted by Gasteiger charge is 2.34. The van der Waals surface area contributed by atoms with Crippen LogP contribution in [0.25, 0.3) is 16.7 Å². The summed E-state index contributed by atoms with van der Waals surface area (Å²) in [6.07, 6.45) is -2.87. The fraction of sp³-hybridized carbons (Fsp3) is 0.308. The summed E-state index contributed by atoms with van der Waals surface area (Å²) in [6.45, 7) is 2.90. The number of hydrogen-bond acceptors (Lipinski definition) is 6. The van der Waals surface area contributed by atoms with E-state index in [-0.39, 0.29) is 11.9 Å². The van der Waals surface area contributed by atoms with Crippen LogP contribution in [0, 0.1) is 6.92 Å². The molecule has 0 aliphatic carbocycles. The van der Waals surface area contributed by atoms with E-state index in [0.717, 1.165) is 17.3 Å². The molecule has 1 fully saturated rings. The van der Waals surface area contributed by atoms with Crippen LogP contribution in [0.2, 0.25) is 0 Å². The molecular weight excluding hydrogens is 519 g/mol. The summed E-state index contributed by atoms with van der Waals surface area (Å²) in [6, 6.07) is 16.9. The summed E-state index contributed by atoms with van der Waals surface area (Å²) in [5, 5.41) is 15.0. The highest BCUT2D eigenvalue weighted by Crippen LogP contribution is 2.33. The summed E-state index contributed by atoms with van der Waals surface area (Å²) in [4.78, 5) is 5.85. The number of piperazine rings is 1. The number of rotatable bonds is 5. The Bertz CT molecular complexity index is 1590. The van der Waals surface area contributed by atoms with Crippen LogP contribution in [0.5, 0.6) is 5.75 Å². The van der Waals surface area contributed by atoms with Gasteiger partial charge in [0.25, 0.3) is 0 Å². The SMILES string of the molecule is Cc1nn(-c2cc(O)cc(C(F)(F)F)n2)c2ccc(N3CCN(S(C)(=O)=O)C[C@H]3Cc3ccccc3)cc12. The van der Waals surface area contributed by atoms with E-state index in [2.05, 4.69) is 15.0 Å². The molecule has 38 heavy (non-hydrogen) atoms. The minimum absolute atomic E-state index is 0.129. The molecule has 0 amide bonds. The van der Waals surface area contributed by atoms with Gasteiger partial charge in [-0.2, -0.15) is 22.6 Å². The quantitative estimate of drug-likeness (QED) is 0.405. The van der Waals surface area contributed by atoms with Crippen LogP contribution in [0.4, 0.5) is 18.9 Å². The van der Waals surface area contributed by atoms with Gasteiger partial charge in [-0.1, -0.05) is 30.3 Å². The van der Waals surface area contributed by atoms with E-state index in [1.54, 1.807) is 13.0 Å². The summed E-state index contributed by atoms with van der Waals surface area (Å²) < 4.78 is 67.2. The molecular formula is C26H26F3N5O3S. The fourth-order valence-corrected chi connectivity index (χ4v) is 5.75. The van der Waals surface area contributed by atoms with Crippen LogP contribution >= 0.6 is 0 Å². The van der Waals surface area contributed by atoms with Gasteiger partial charge in [-0.3, -0.25) is 0 Å². The number of nitrogens with zero attached hydrogens (tertiary/aromatic N) is 5. The fourth-order valence-electron chi connectivity index (χ4n) is 4.89. The van der Waals surface area contributed by atoms with Crippen molar-refractivity contribution in [1.29, 1.82) is 0 Å². The number of alkyl halides is 3. The molecule has 1 aliphatic heterocycles. The van der Waals surface area contributed by atoms with Crippen LogP contribution < -0.4 is 4.90 Å². The number of pyridine rings is 1. The average molecular weight is 546 g/mol. The maximum atomic E-state index is 13.3. The number of sulfonamides is 1. The van der Waals surface area contributed by atoms with Gasteiger partial charge >= 0.3 is 6.18 Å². The van der Waals surface area contributed by atoms with Crippen molar-refractivity contribution in [2.45, 2.75) is 25.6 Å². The molecule has 4 aromatic rings. The normalized spacial score (nSPS) is 17.3. The molecule has 0 saturated carbocycles. The molecule has 2 aromatic heterocycles. The Labute approximate surface area is 218 Å². The van der Waals surface area contributed by atoms with Gasteiger partial charge in [0.05, 0.1) is 17.5 Å². The summed E-state index contributed by atoms with van der Waals surface area (Å²) >= 11 is 0. The van der Waals surface area contributed by atoms with Crippen molar-refractivity contribution >= 4 is 26.6 Å². The number of benzene rings is 2. The summed E-state index contributed by atoms with van der Waals surface area (Å²) in [7, 11) is -3.36. The molecule has 8 nitrogen and oxygen atoms in total. The zero-order chi connectivity index (χ0) is 27.2. The molecule has 1 N–H and O–H groups in total. The number of aromatic hydroxyl groups is 1. The minimum atomic E-state index is -4.72. The second-order valence-electron chi connectivity index (χ2n) is 9.42. The lowest BCUT2D eigenvalue weighted by molar-refractivity contribution is -0.141. The predicted octanol–water partition coefficient (Wildman–Crippen LogP) is 4.15. The van der Waals surface area contributed by atoms with Crippen LogP contribution in [-0.4, -0.2) is 64.5 Å². The monoisotopic (exact) mass is 545 g/mol. The summed E-state index contributed by atoms with van der Waals surface area (Å²) in [5.74, 6) is -0.709. The number of hydrogen-bond donors (Lipinski definition) is 1. The average Bonchev–Trinajstić information content (AvgIpc) is 3.19. The van der Waals surface area contributed by atoms with Gasteiger partial charge < -0.3 is 10.0 Å². The van der Waals surface area contributed by atoms with Crippen molar-refractivity contribution in [2.75, 3.05) is 30.8 Å². The predicted molar refractivity (Wildman–Crippen MR) is 138 cm³/mol. The van der Waals surface area contributed by atoms with E-state index in [1.165, 1.54) is 15.2 Å². The first-order valence-electron chi connectivity index (χ1n) is 11.9. The molecule has 12 heteroatoms. The smallest absolute Gasteiger partial charge is 0.433 e. The van der Waals surface area contributed by atoms with Crippen LogP contribution in [-0.2, 0) is 22.6 Å². The Balaban J connectivity index is 1.53. The first-order valence-corrected chi connectivity index (χ1v) is 13.8. The molecule has 0 bridgehead atoms. The molecule has 2 aromatic carbocycles. The third-order valence-corrected chi connectivity index (χ3v) is 7.98. The molecule has 0 radical (unpaired) electrons. The van der Waals surface area contributed by atoms with E-state index in [4.69, 9.17) is 0 Å². The summed E-state index contributed by atoms with van der Waals surface area (Å²) in [5.41, 5.74) is 1.84. The second kappa shape index (κ2) is 9.59. The van der Waals surface area contributed by atoms with E-state index in [1.807, 2.05) is 42.5 Å². The van der Waals surface area contributed by atoms with E-state index in [9.17, 15) is 26.7 Å². The van der Waals surface area contributed by atoms with Crippen LogP contribution in [0.15, 0.2) is 60.7 Å². The van der Waals surface area contributed by atoms with Crippen molar-refractivity contribution in [3.63, 3.8) is 0 Å². The Hall–Kier alpha value is -3.64. The first-order chi connectivity index (χ1) is 17.9. The Morgan fingerprint density at radius 3 is 2.47 bits per heavy atom. The van der Waals surface area contributed by atoms with Gasteiger partial charge in [-0.15, -0.1) is 0 Å². The van der Waals surface area contributed by atoms with Gasteiger partial charge in [-0.05, 0) is 37.1 Å². The number of halogens is 3. The van der Waals surface area contributed by atoms with Gasteiger partial charge in [0.1, 0.15) is 5.75 Å². The molecule has 1 atom stereocenters. The number of aryl methyl sites for hydroxylation is 1. The minimum Gasteiger partial charge on any atom is -0.508 e. The third kappa shape index (κ3) is 5.18. The lowest BCUT2D eigenvalue weighted by Gasteiger charge is -2.42. The largest absolute Gasteiger partial charge is 0.508 e. The van der Waals surface area contributed by atoms with Gasteiger partial charge in [-0.25, -0.2) is 18.1 Å². The standard InChI is InChI=1S/C26H26F3N5O3S/c1-17-22-13-19(8-9-23(22)34(31-17)25-15-21(35)14-24(30-25)26(27,28)29)33-11-10-32(38(2,36)37)16-20(33)12-18-6-4-3-5-7-18/h3-9,13-15,20H,10-12,16H2,1-2H3,(H,30,35)/t20-/m1/s1. The molecule has 1 saturated heterocycles. The highest BCUT2D eigenvalue weighted by molar-refractivity contribution is 7.88. The Kier molecular flexibility index (Phi) is 6.56. The van der Waals surface area contributed by atoms with E-state index >= 15 is 0 Å². The first kappa shape index (κ1) is 26.0. The molecule has 1 aliphatic rings. The molecule has 3 heterocycles. The maximum absolute atomic E-state index is 13.3. The molecule has 5 rings (SSSR count). The zero-order valence-corrected chi connectivity index (χ0v) is 21.5. The Morgan fingerprint density at radius 1 is 1.05 bits per heavy atom. The third-order valence-electron chi connectivity index (χ3n) is 6.71. The van der Waals surface area contributed by atoms with E-state index in [0.29, 0.717) is 48.7 Å². The highest BCUT2D eigenvalue weighted by atomic mass is 32.2. The van der Waals surface area contributed by atoms with E-state index < -0.39 is 27.6 Å². The van der Waals surface area contributed by atoms with Crippen molar-refractivity contribution in [3.8, 4) is 11.6 Å². The van der Waals surface area contributed by atoms with Crippen molar-refractivity contribution in [3.05, 3.63) is 77.6 Å². The lowest BCUT2D eigenvalue weighted by atomic mass is 10.0. The van der Waals surface area contributed by atoms with Crippen molar-refractivity contribution in [2.24, 2.45) is 0 Å². The Morgan fingerprint density at radius 2 is 1.79 bits per heavy atom. The molecule has 0 spiro atoms. The maximum Gasteiger partial charge on any atom is 0.433 e. The van der Waals surface area contributed by atoms with Crippen molar-refractivity contribution < 1.29 is 26.7 Å². The zero-order valence-electron chi connectivity index (χ0n) is 20.7.